The minimum atomic E-state index is -1.20. The summed E-state index contributed by atoms with van der Waals surface area (Å²) >= 11 is 0. The summed E-state index contributed by atoms with van der Waals surface area (Å²) in [5.74, 6) is 8.95. The summed E-state index contributed by atoms with van der Waals surface area (Å²) < 4.78 is 48.5. The fourth-order valence-corrected chi connectivity index (χ4v) is 4.32. The molecular formula is C23H49N3O13. The van der Waals surface area contributed by atoms with Crippen LogP contribution >= 0.6 is 0 Å². The molecule has 0 radical (unpaired) electrons. The van der Waals surface area contributed by atoms with Gasteiger partial charge in [0.05, 0.1) is 13.2 Å². The van der Waals surface area contributed by atoms with Crippen molar-refractivity contribution >= 4 is 0 Å². The molecule has 16 nitrogen and oxygen atoms in total. The molecule has 0 amide bonds. The van der Waals surface area contributed by atoms with Crippen molar-refractivity contribution in [2.24, 2.45) is 17.5 Å². The molecule has 2 heterocycles. The number of hydrogen-bond donors (Lipinski definition) is 5. The Morgan fingerprint density at radius 3 is 2.05 bits per heavy atom. The summed E-state index contributed by atoms with van der Waals surface area (Å²) in [6.45, 7) is 5.43. The Hall–Kier alpha value is -0.640. The first-order valence-corrected chi connectivity index (χ1v) is 12.7. The number of hydrogen-bond acceptors (Lipinski definition) is 16. The van der Waals surface area contributed by atoms with Crippen molar-refractivity contribution in [1.29, 1.82) is 0 Å². The van der Waals surface area contributed by atoms with E-state index in [1.54, 1.807) is 6.92 Å². The zero-order valence-electron chi connectivity index (χ0n) is 23.8. The number of aliphatic hydroxyl groups excluding tert-OH is 2. The maximum Gasteiger partial charge on any atom is 0.196 e. The first-order chi connectivity index (χ1) is 18.7. The molecule has 0 bridgehead atoms. The van der Waals surface area contributed by atoms with Crippen LogP contribution in [-0.4, -0.2) is 139 Å². The van der Waals surface area contributed by atoms with Crippen LogP contribution in [0.25, 0.3) is 0 Å². The number of ether oxygens (including phenoxy) is 9. The predicted molar refractivity (Wildman–Crippen MR) is 135 cm³/mol. The highest BCUT2D eigenvalue weighted by Gasteiger charge is 2.53. The van der Waals surface area contributed by atoms with E-state index < -0.39 is 60.9 Å². The summed E-state index contributed by atoms with van der Waals surface area (Å²) in [6.07, 6.45) is -5.73. The second kappa shape index (κ2) is 19.5. The fourth-order valence-electron chi connectivity index (χ4n) is 4.32. The molecule has 16 heteroatoms. The van der Waals surface area contributed by atoms with Crippen molar-refractivity contribution in [1.82, 2.24) is 0 Å². The molecule has 2 aliphatic heterocycles. The van der Waals surface area contributed by atoms with E-state index in [9.17, 15) is 10.2 Å². The van der Waals surface area contributed by atoms with Crippen molar-refractivity contribution in [2.45, 2.75) is 81.2 Å². The van der Waals surface area contributed by atoms with E-state index in [1.807, 2.05) is 6.92 Å². The third-order valence-corrected chi connectivity index (χ3v) is 6.43. The third-order valence-electron chi connectivity index (χ3n) is 6.43. The molecule has 10 atom stereocenters. The van der Waals surface area contributed by atoms with E-state index in [2.05, 4.69) is 4.84 Å². The molecule has 8 N–H and O–H groups in total. The van der Waals surface area contributed by atoms with Gasteiger partial charge in [0.2, 0.25) is 0 Å². The monoisotopic (exact) mass is 575 g/mol. The van der Waals surface area contributed by atoms with Crippen LogP contribution in [0.15, 0.2) is 0 Å². The third kappa shape index (κ3) is 10.3. The van der Waals surface area contributed by atoms with Crippen LogP contribution in [0.1, 0.15) is 20.3 Å². The van der Waals surface area contributed by atoms with Gasteiger partial charge in [0.1, 0.15) is 49.5 Å². The standard InChI is InChI=1S/C14H29NO7.C9H20N2O6/c1-4-19-9-20-8-10-12(17-2)11(16)13(14(18-3)22-10)21-7-5-6-15;1-9(14-3)8(17-11)6(12)7(13-2)5(16-9)4-15-10/h10-14,16H,4-9,15H2,1-3H3;5-8,12H,4,10-11H2,1-3H3/t10?,11-,12+,13?,14-;5?,6-,7+,8?,9-/m00/s1. The van der Waals surface area contributed by atoms with Gasteiger partial charge >= 0.3 is 0 Å². The van der Waals surface area contributed by atoms with Crippen molar-refractivity contribution in [3.63, 3.8) is 0 Å². The van der Waals surface area contributed by atoms with Gasteiger partial charge in [-0.15, -0.1) is 0 Å². The normalized spacial score (nSPS) is 36.8. The molecule has 234 valence electrons. The van der Waals surface area contributed by atoms with Crippen LogP contribution in [0.4, 0.5) is 0 Å². The summed E-state index contributed by atoms with van der Waals surface area (Å²) in [4.78, 5) is 9.24. The van der Waals surface area contributed by atoms with Gasteiger partial charge in [-0.3, -0.25) is 4.84 Å². The average Bonchev–Trinajstić information content (AvgIpc) is 2.93. The lowest BCUT2D eigenvalue weighted by molar-refractivity contribution is -0.361. The molecule has 0 saturated carbocycles. The van der Waals surface area contributed by atoms with E-state index in [1.165, 1.54) is 28.4 Å². The van der Waals surface area contributed by atoms with E-state index in [0.717, 1.165) is 0 Å². The lowest BCUT2D eigenvalue weighted by Gasteiger charge is -2.47. The van der Waals surface area contributed by atoms with E-state index in [-0.39, 0.29) is 20.0 Å². The van der Waals surface area contributed by atoms with E-state index >= 15 is 0 Å². The molecule has 0 spiro atoms. The summed E-state index contributed by atoms with van der Waals surface area (Å²) in [5, 5.41) is 20.6. The van der Waals surface area contributed by atoms with Gasteiger partial charge in [0.25, 0.3) is 0 Å². The van der Waals surface area contributed by atoms with Gasteiger partial charge in [-0.05, 0) is 26.8 Å². The van der Waals surface area contributed by atoms with Gasteiger partial charge in [-0.2, -0.15) is 0 Å². The Balaban J connectivity index is 0.000000403. The molecule has 2 aliphatic rings. The summed E-state index contributed by atoms with van der Waals surface area (Å²) in [7, 11) is 5.87. The summed E-state index contributed by atoms with van der Waals surface area (Å²) in [6, 6.07) is 0. The lowest BCUT2D eigenvalue weighted by atomic mass is 9.93. The van der Waals surface area contributed by atoms with E-state index in [0.29, 0.717) is 26.2 Å². The Labute approximate surface area is 230 Å². The molecule has 2 saturated heterocycles. The van der Waals surface area contributed by atoms with Gasteiger partial charge in [-0.25, -0.2) is 11.8 Å². The predicted octanol–water partition coefficient (Wildman–Crippen LogP) is -2.25. The van der Waals surface area contributed by atoms with Crippen LogP contribution in [0.2, 0.25) is 0 Å². The first kappa shape index (κ1) is 36.4. The highest BCUT2D eigenvalue weighted by atomic mass is 16.8. The molecule has 0 aliphatic carbocycles. The number of aliphatic hydroxyl groups is 2. The zero-order chi connectivity index (χ0) is 29.4. The van der Waals surface area contributed by atoms with Crippen LogP contribution in [0.3, 0.4) is 0 Å². The minimum absolute atomic E-state index is 0.0474. The fraction of sp³-hybridized carbons (Fsp3) is 1.00. The van der Waals surface area contributed by atoms with Crippen LogP contribution in [0.5, 0.6) is 0 Å². The van der Waals surface area contributed by atoms with Crippen LogP contribution < -0.4 is 17.5 Å². The molecule has 0 aromatic carbocycles. The van der Waals surface area contributed by atoms with Crippen LogP contribution in [-0.2, 0) is 52.3 Å². The first-order valence-electron chi connectivity index (χ1n) is 12.7. The maximum atomic E-state index is 10.5. The van der Waals surface area contributed by atoms with Crippen molar-refractivity contribution in [3.8, 4) is 0 Å². The second-order valence-electron chi connectivity index (χ2n) is 8.89. The number of nitrogens with two attached hydrogens (primary N) is 3. The molecule has 2 fully saturated rings. The second-order valence-corrected chi connectivity index (χ2v) is 8.89. The van der Waals surface area contributed by atoms with Gasteiger partial charge in [0.15, 0.2) is 18.2 Å². The maximum absolute atomic E-state index is 10.5. The Kier molecular flexibility index (Phi) is 18.2. The van der Waals surface area contributed by atoms with Gasteiger partial charge in [0, 0.05) is 41.7 Å². The Bertz CT molecular complexity index is 624. The zero-order valence-corrected chi connectivity index (χ0v) is 23.8. The molecule has 4 unspecified atom stereocenters. The van der Waals surface area contributed by atoms with Crippen molar-refractivity contribution < 1.29 is 62.5 Å². The quantitative estimate of drug-likeness (QED) is 0.0745. The Morgan fingerprint density at radius 2 is 1.54 bits per heavy atom. The minimum Gasteiger partial charge on any atom is -0.387 e. The molecular weight excluding hydrogens is 526 g/mol. The average molecular weight is 576 g/mol. The highest BCUT2D eigenvalue weighted by Crippen LogP contribution is 2.33. The van der Waals surface area contributed by atoms with Crippen LogP contribution in [0, 0.1) is 0 Å². The number of rotatable bonds is 16. The SMILES string of the molecule is CCOCOCC1O[C@H](OC)C(OCCCN)[C@@H](O)[C@@H]1OC.CO[C@@H]1C(CON)O[C@](C)(OC)C(ON)[C@H]1O. The number of methoxy groups -OCH3 is 4. The van der Waals surface area contributed by atoms with E-state index in [4.69, 9.17) is 65.0 Å². The molecule has 0 aromatic heterocycles. The molecule has 39 heavy (non-hydrogen) atoms. The smallest absolute Gasteiger partial charge is 0.196 e. The highest BCUT2D eigenvalue weighted by molar-refractivity contribution is 4.96. The van der Waals surface area contributed by atoms with Crippen molar-refractivity contribution in [3.05, 3.63) is 0 Å². The Morgan fingerprint density at radius 1 is 0.872 bits per heavy atom. The topological polar surface area (TPSA) is 220 Å². The molecule has 2 rings (SSSR count). The summed E-state index contributed by atoms with van der Waals surface area (Å²) in [5.41, 5.74) is 5.44. The van der Waals surface area contributed by atoms with Gasteiger partial charge in [-0.1, -0.05) is 0 Å². The largest absolute Gasteiger partial charge is 0.387 e. The van der Waals surface area contributed by atoms with Crippen molar-refractivity contribution in [2.75, 3.05) is 68.2 Å². The lowest BCUT2D eigenvalue weighted by Crippen LogP contribution is -2.66. The molecule has 0 aromatic rings. The van der Waals surface area contributed by atoms with Gasteiger partial charge < -0.3 is 63.4 Å².